The van der Waals surface area contributed by atoms with Gasteiger partial charge in [0.05, 0.1) is 24.6 Å². The van der Waals surface area contributed by atoms with Crippen LogP contribution >= 0.6 is 0 Å². The number of nitrogens with zero attached hydrogens (tertiary/aromatic N) is 7. The van der Waals surface area contributed by atoms with E-state index < -0.39 is 27.9 Å². The maximum atomic E-state index is 14.9. The average molecular weight is 575 g/mol. The van der Waals surface area contributed by atoms with E-state index in [1.54, 1.807) is 12.3 Å². The van der Waals surface area contributed by atoms with E-state index in [0.717, 1.165) is 16.5 Å². The predicted octanol–water partition coefficient (Wildman–Crippen LogP) is 3.17. The van der Waals surface area contributed by atoms with Gasteiger partial charge in [-0.1, -0.05) is 13.8 Å². The Balaban J connectivity index is 1.23. The van der Waals surface area contributed by atoms with E-state index in [4.69, 9.17) is 4.74 Å². The summed E-state index contributed by atoms with van der Waals surface area (Å²) in [5.74, 6) is -0.835. The first-order valence-electron chi connectivity index (χ1n) is 13.4. The Hall–Kier alpha value is -3.26. The van der Waals surface area contributed by atoms with Gasteiger partial charge in [0.2, 0.25) is 5.95 Å². The number of halogens is 2. The first-order valence-corrected chi connectivity index (χ1v) is 15.4. The molecule has 3 aliphatic rings. The van der Waals surface area contributed by atoms with Crippen LogP contribution in [0.4, 0.5) is 32.2 Å². The fourth-order valence-electron chi connectivity index (χ4n) is 5.73. The highest BCUT2D eigenvalue weighted by molar-refractivity contribution is 7.90. The van der Waals surface area contributed by atoms with E-state index in [9.17, 15) is 17.2 Å². The number of hydrogen-bond acceptors (Lipinski definition) is 11. The van der Waals surface area contributed by atoms with Gasteiger partial charge in [0.15, 0.2) is 5.82 Å². The molecule has 0 aliphatic carbocycles. The maximum Gasteiger partial charge on any atom is 0.293 e. The number of pyridine rings is 1. The molecular formula is C26H32F2N8O3S. The van der Waals surface area contributed by atoms with Crippen LogP contribution in [-0.2, 0) is 14.6 Å². The zero-order valence-electron chi connectivity index (χ0n) is 22.6. The Morgan fingerprint density at radius 3 is 2.55 bits per heavy atom. The average Bonchev–Trinajstić information content (AvgIpc) is 2.83. The first kappa shape index (κ1) is 26.9. The lowest BCUT2D eigenvalue weighted by Gasteiger charge is -2.52. The van der Waals surface area contributed by atoms with Crippen LogP contribution in [0.25, 0.3) is 10.8 Å². The molecule has 14 heteroatoms. The molecule has 3 fully saturated rings. The number of aromatic nitrogens is 5. The largest absolute Gasteiger partial charge is 0.368 e. The van der Waals surface area contributed by atoms with Crippen LogP contribution in [0.2, 0.25) is 0 Å². The van der Waals surface area contributed by atoms with Crippen molar-refractivity contribution in [2.75, 3.05) is 59.9 Å². The van der Waals surface area contributed by atoms with Gasteiger partial charge in [-0.3, -0.25) is 0 Å². The van der Waals surface area contributed by atoms with Crippen molar-refractivity contribution in [3.05, 3.63) is 30.2 Å². The molecule has 0 bridgehead atoms. The molecule has 3 aromatic heterocycles. The quantitative estimate of drug-likeness (QED) is 0.447. The summed E-state index contributed by atoms with van der Waals surface area (Å²) in [5.41, 5.74) is -0.543. The van der Waals surface area contributed by atoms with Crippen LogP contribution in [0.15, 0.2) is 24.5 Å². The summed E-state index contributed by atoms with van der Waals surface area (Å²) < 4.78 is 58.4. The third kappa shape index (κ3) is 4.91. The van der Waals surface area contributed by atoms with Crippen molar-refractivity contribution >= 4 is 44.0 Å². The SMILES string of the molecule is CC(C)c1nnc(N2CC(CS(C)(=O)=O)C2)c2cnc(Nc3ccnc(N4CC[C@]5(CCO5)C(F)(F)C4)n3)cc12. The second kappa shape index (κ2) is 9.68. The van der Waals surface area contributed by atoms with Crippen LogP contribution in [0.1, 0.15) is 38.3 Å². The lowest BCUT2D eigenvalue weighted by molar-refractivity contribution is -0.276. The van der Waals surface area contributed by atoms with E-state index in [0.29, 0.717) is 50.1 Å². The summed E-state index contributed by atoms with van der Waals surface area (Å²) in [6, 6.07) is 3.54. The predicted molar refractivity (Wildman–Crippen MR) is 147 cm³/mol. The minimum absolute atomic E-state index is 0.0594. The zero-order valence-corrected chi connectivity index (χ0v) is 23.5. The molecule has 1 spiro atoms. The number of rotatable bonds is 7. The summed E-state index contributed by atoms with van der Waals surface area (Å²) in [6.07, 6.45) is 5.10. The number of sulfone groups is 1. The van der Waals surface area contributed by atoms with Gasteiger partial charge in [-0.15, -0.1) is 5.10 Å². The Labute approximate surface area is 231 Å². The molecule has 40 heavy (non-hydrogen) atoms. The monoisotopic (exact) mass is 574 g/mol. The molecule has 1 atom stereocenters. The minimum Gasteiger partial charge on any atom is -0.368 e. The number of ether oxygens (including phenoxy) is 1. The molecule has 3 saturated heterocycles. The van der Waals surface area contributed by atoms with E-state index >= 15 is 0 Å². The van der Waals surface area contributed by atoms with Crippen LogP contribution in [-0.4, -0.2) is 89.9 Å². The van der Waals surface area contributed by atoms with E-state index in [-0.39, 0.29) is 30.0 Å². The Morgan fingerprint density at radius 1 is 1.12 bits per heavy atom. The van der Waals surface area contributed by atoms with Gasteiger partial charge in [-0.25, -0.2) is 27.2 Å². The topological polar surface area (TPSA) is 126 Å². The normalized spacial score (nSPS) is 22.9. The molecule has 0 amide bonds. The number of alkyl halides is 2. The van der Waals surface area contributed by atoms with E-state index in [2.05, 4.69) is 30.5 Å². The molecule has 3 aromatic rings. The third-order valence-electron chi connectivity index (χ3n) is 7.92. The number of hydrogen-bond donors (Lipinski definition) is 1. The molecule has 3 aliphatic heterocycles. The van der Waals surface area contributed by atoms with Crippen LogP contribution in [0, 0.1) is 5.92 Å². The van der Waals surface area contributed by atoms with Gasteiger partial charge in [0, 0.05) is 67.8 Å². The smallest absolute Gasteiger partial charge is 0.293 e. The minimum atomic E-state index is -3.05. The van der Waals surface area contributed by atoms with Crippen LogP contribution in [0.5, 0.6) is 0 Å². The summed E-state index contributed by atoms with van der Waals surface area (Å²) in [4.78, 5) is 16.8. The Kier molecular flexibility index (Phi) is 6.52. The van der Waals surface area contributed by atoms with E-state index in [1.807, 2.05) is 24.8 Å². The van der Waals surface area contributed by atoms with Crippen molar-refractivity contribution in [1.29, 1.82) is 0 Å². The van der Waals surface area contributed by atoms with Gasteiger partial charge < -0.3 is 19.9 Å². The third-order valence-corrected chi connectivity index (χ3v) is 9.00. The molecule has 0 aromatic carbocycles. The molecule has 6 rings (SSSR count). The molecule has 1 N–H and O–H groups in total. The molecular weight excluding hydrogens is 542 g/mol. The first-order chi connectivity index (χ1) is 18.9. The second-order valence-electron chi connectivity index (χ2n) is 11.4. The van der Waals surface area contributed by atoms with Gasteiger partial charge in [0.1, 0.15) is 27.1 Å². The summed E-state index contributed by atoms with van der Waals surface area (Å²) >= 11 is 0. The van der Waals surface area contributed by atoms with Gasteiger partial charge in [0.25, 0.3) is 5.92 Å². The number of piperidine rings is 1. The highest BCUT2D eigenvalue weighted by Gasteiger charge is 2.61. The molecule has 6 heterocycles. The Morgan fingerprint density at radius 2 is 1.90 bits per heavy atom. The lowest BCUT2D eigenvalue weighted by Crippen LogP contribution is -2.66. The van der Waals surface area contributed by atoms with Gasteiger partial charge in [-0.05, 0) is 18.1 Å². The molecule has 11 nitrogen and oxygen atoms in total. The summed E-state index contributed by atoms with van der Waals surface area (Å²) in [6.45, 7) is 5.50. The number of fused-ring (bicyclic) bond motifs is 1. The molecule has 214 valence electrons. The zero-order chi connectivity index (χ0) is 28.3. The van der Waals surface area contributed by atoms with Crippen molar-refractivity contribution in [2.45, 2.75) is 44.1 Å². The lowest BCUT2D eigenvalue weighted by atomic mass is 9.81. The number of anilines is 4. The fourth-order valence-corrected chi connectivity index (χ4v) is 6.79. The maximum absolute atomic E-state index is 14.9. The molecule has 0 saturated carbocycles. The number of nitrogens with one attached hydrogen (secondary N) is 1. The van der Waals surface area contributed by atoms with Crippen molar-refractivity contribution < 1.29 is 21.9 Å². The fraction of sp³-hybridized carbons (Fsp3) is 0.577. The summed E-state index contributed by atoms with van der Waals surface area (Å²) in [5, 5.41) is 13.8. The van der Waals surface area contributed by atoms with Crippen molar-refractivity contribution in [2.24, 2.45) is 5.92 Å². The van der Waals surface area contributed by atoms with Crippen molar-refractivity contribution in [3.8, 4) is 0 Å². The van der Waals surface area contributed by atoms with Crippen LogP contribution in [0.3, 0.4) is 0 Å². The van der Waals surface area contributed by atoms with E-state index in [1.165, 1.54) is 17.4 Å². The van der Waals surface area contributed by atoms with Crippen molar-refractivity contribution in [1.82, 2.24) is 25.1 Å². The highest BCUT2D eigenvalue weighted by atomic mass is 32.2. The molecule has 0 unspecified atom stereocenters. The Bertz CT molecular complexity index is 1540. The second-order valence-corrected chi connectivity index (χ2v) is 13.6. The van der Waals surface area contributed by atoms with Gasteiger partial charge in [-0.2, -0.15) is 10.1 Å². The van der Waals surface area contributed by atoms with Crippen molar-refractivity contribution in [3.63, 3.8) is 0 Å². The van der Waals surface area contributed by atoms with Gasteiger partial charge >= 0.3 is 0 Å². The highest BCUT2D eigenvalue weighted by Crippen LogP contribution is 2.47. The standard InChI is InChI=1S/C26H32F2N8O3S/c1-16(2)22-18-10-21(30-11-19(18)23(34-33-22)36-12-17(13-36)14-40(3,37)38)31-20-4-7-29-24(32-20)35-8-5-25(6-9-39-25)26(27,28)15-35/h4,7,10-11,16-17H,5-6,8-9,12-15H2,1-3H3,(H,29,30,31,32)/t25-/m0/s1. The molecule has 0 radical (unpaired) electrons. The summed E-state index contributed by atoms with van der Waals surface area (Å²) in [7, 11) is -3.05. The van der Waals surface area contributed by atoms with Crippen LogP contribution < -0.4 is 15.1 Å².